The number of carbonyl (C=O) groups excluding carboxylic acids is 4. The van der Waals surface area contributed by atoms with Gasteiger partial charge in [0.1, 0.15) is 0 Å². The highest BCUT2D eigenvalue weighted by Crippen LogP contribution is 2.44. The molecule has 4 aromatic heterocycles. The van der Waals surface area contributed by atoms with Crippen molar-refractivity contribution in [1.29, 1.82) is 0 Å². The number of nitrogens with zero attached hydrogens (tertiary/aromatic N) is 2. The monoisotopic (exact) mass is 630 g/mol. The number of carbonyl (C=O) groups is 4. The van der Waals surface area contributed by atoms with Crippen LogP contribution in [0.15, 0.2) is 47.5 Å². The van der Waals surface area contributed by atoms with E-state index in [1.54, 1.807) is 0 Å². The van der Waals surface area contributed by atoms with E-state index in [-0.39, 0.29) is 33.4 Å². The molecule has 0 unspecified atom stereocenters. The number of hydrogen-bond donors (Lipinski definition) is 0. The molecule has 0 radical (unpaired) electrons. The van der Waals surface area contributed by atoms with Crippen LogP contribution in [0.25, 0.3) is 43.6 Å². The molecule has 0 saturated carbocycles. The number of ketones is 4. The first-order valence-corrected chi connectivity index (χ1v) is 14.7. The molecule has 8 rings (SSSR count). The molecule has 12 heteroatoms. The molecule has 44 heavy (non-hydrogen) atoms. The molecule has 0 bridgehead atoms. The molecular weight excluding hydrogens is 616 g/mol. The Labute approximate surface area is 251 Å². The van der Waals surface area contributed by atoms with Crippen LogP contribution in [0.4, 0.5) is 17.6 Å². The highest BCUT2D eigenvalue weighted by atomic mass is 32.1. The van der Waals surface area contributed by atoms with Crippen LogP contribution in [0.2, 0.25) is 0 Å². The molecule has 0 spiro atoms. The zero-order valence-electron chi connectivity index (χ0n) is 22.5. The van der Waals surface area contributed by atoms with Crippen molar-refractivity contribution in [2.45, 2.75) is 0 Å². The third-order valence-electron chi connectivity index (χ3n) is 8.16. The fraction of sp³-hybridized carbons (Fsp3) is 0.0625. The minimum Gasteiger partial charge on any atom is -0.340 e. The van der Waals surface area contributed by atoms with E-state index in [1.807, 2.05) is 35.4 Å². The molecule has 0 N–H and O–H groups in total. The molecule has 2 aliphatic carbocycles. The fourth-order valence-electron chi connectivity index (χ4n) is 6.04. The van der Waals surface area contributed by atoms with Crippen LogP contribution in [0, 0.1) is 23.3 Å². The zero-order chi connectivity index (χ0) is 30.9. The van der Waals surface area contributed by atoms with Crippen LogP contribution < -0.4 is 0 Å². The van der Waals surface area contributed by atoms with Crippen molar-refractivity contribution in [2.24, 2.45) is 14.1 Å². The van der Waals surface area contributed by atoms with Gasteiger partial charge in [0, 0.05) is 46.1 Å². The van der Waals surface area contributed by atoms with Gasteiger partial charge >= 0.3 is 0 Å². The second kappa shape index (κ2) is 8.80. The number of rotatable bonds is 2. The van der Waals surface area contributed by atoms with Gasteiger partial charge in [-0.05, 0) is 48.6 Å². The zero-order valence-corrected chi connectivity index (χ0v) is 24.1. The number of benzene rings is 2. The molecule has 0 saturated heterocycles. The minimum atomic E-state index is -1.20. The largest absolute Gasteiger partial charge is 0.340 e. The smallest absolute Gasteiger partial charge is 0.197 e. The number of allylic oxidation sites excluding steroid dienone is 2. The lowest BCUT2D eigenvalue weighted by Gasteiger charge is -1.96. The Balaban J connectivity index is 1.20. The molecule has 6 aromatic rings. The SMILES string of the molecule is Cn1c2cc(C=C3C(=O)c4cc(F)c(F)cc4C3=O)sc2c2c1c1sc(C=C3C(=O)c4cc(F)c(F)cc4C3=O)cc1n2C. The molecule has 0 aliphatic heterocycles. The van der Waals surface area contributed by atoms with Crippen molar-refractivity contribution in [2.75, 3.05) is 0 Å². The highest BCUT2D eigenvalue weighted by Gasteiger charge is 2.36. The van der Waals surface area contributed by atoms with E-state index >= 15 is 0 Å². The van der Waals surface area contributed by atoms with E-state index in [0.29, 0.717) is 9.75 Å². The summed E-state index contributed by atoms with van der Waals surface area (Å²) in [6.07, 6.45) is 2.88. The van der Waals surface area contributed by atoms with Crippen LogP contribution in [0.1, 0.15) is 51.2 Å². The second-order valence-corrected chi connectivity index (χ2v) is 12.8. The Kier molecular flexibility index (Phi) is 5.34. The third-order valence-corrected chi connectivity index (χ3v) is 10.3. The number of aromatic nitrogens is 2. The molecule has 0 atom stereocenters. The van der Waals surface area contributed by atoms with Gasteiger partial charge in [0.15, 0.2) is 46.4 Å². The second-order valence-electron chi connectivity index (χ2n) is 10.6. The van der Waals surface area contributed by atoms with E-state index < -0.39 is 46.4 Å². The van der Waals surface area contributed by atoms with Gasteiger partial charge in [-0.3, -0.25) is 19.2 Å². The van der Waals surface area contributed by atoms with Crippen LogP contribution >= 0.6 is 22.7 Å². The first kappa shape index (κ1) is 26.7. The standard InChI is InChI=1S/C32H14F4N2O4S2/c1-37-23-5-11(3-17-27(39)13-7-19(33)20(34)8-14(13)28(17)40)43-31(23)26-25(37)32-24(38(26)2)6-12(44-32)4-18-29(41)15-9-21(35)22(36)10-16(15)30(18)42/h3-10H,1-2H3. The van der Waals surface area contributed by atoms with Gasteiger partial charge < -0.3 is 9.13 Å². The summed E-state index contributed by atoms with van der Waals surface area (Å²) in [6.45, 7) is 0. The predicted octanol–water partition coefficient (Wildman–Crippen LogP) is 7.43. The van der Waals surface area contributed by atoms with Crippen molar-refractivity contribution in [3.63, 3.8) is 0 Å². The summed E-state index contributed by atoms with van der Waals surface area (Å²) < 4.78 is 60.7. The summed E-state index contributed by atoms with van der Waals surface area (Å²) in [5.74, 6) is -7.44. The molecular formula is C32H14F4N2O4S2. The van der Waals surface area contributed by atoms with E-state index in [1.165, 1.54) is 34.8 Å². The number of hydrogen-bond acceptors (Lipinski definition) is 6. The van der Waals surface area contributed by atoms with Crippen LogP contribution in [0.5, 0.6) is 0 Å². The Hall–Kier alpha value is -4.94. The molecule has 2 aliphatic rings. The van der Waals surface area contributed by atoms with Gasteiger partial charge in [-0.15, -0.1) is 22.7 Å². The summed E-state index contributed by atoms with van der Waals surface area (Å²) in [5, 5.41) is 0. The topological polar surface area (TPSA) is 78.1 Å². The molecule has 4 heterocycles. The van der Waals surface area contributed by atoms with Crippen LogP contribution in [-0.2, 0) is 14.1 Å². The first-order valence-electron chi connectivity index (χ1n) is 13.0. The summed E-state index contributed by atoms with van der Waals surface area (Å²) in [5.41, 5.74) is 2.44. The number of Topliss-reactive ketones (excluding diaryl/α,β-unsaturated/α-hetero) is 4. The minimum absolute atomic E-state index is 0.165. The molecule has 0 fully saturated rings. The van der Waals surface area contributed by atoms with Crippen molar-refractivity contribution in [3.05, 3.63) is 103 Å². The Morgan fingerprint density at radius 2 is 0.818 bits per heavy atom. The van der Waals surface area contributed by atoms with E-state index in [4.69, 9.17) is 0 Å². The van der Waals surface area contributed by atoms with E-state index in [9.17, 15) is 36.7 Å². The number of aryl methyl sites for hydroxylation is 2. The Morgan fingerprint density at radius 3 is 1.11 bits per heavy atom. The van der Waals surface area contributed by atoms with Crippen molar-refractivity contribution in [1.82, 2.24) is 9.13 Å². The maximum absolute atomic E-state index is 13.7. The predicted molar refractivity (Wildman–Crippen MR) is 159 cm³/mol. The maximum Gasteiger partial charge on any atom is 0.197 e. The van der Waals surface area contributed by atoms with Gasteiger partial charge in [0.05, 0.1) is 42.6 Å². The summed E-state index contributed by atoms with van der Waals surface area (Å²) in [7, 11) is 3.73. The number of thiophene rings is 2. The lowest BCUT2D eigenvalue weighted by Crippen LogP contribution is -1.99. The lowest BCUT2D eigenvalue weighted by atomic mass is 10.1. The summed E-state index contributed by atoms with van der Waals surface area (Å²) >= 11 is 2.71. The van der Waals surface area contributed by atoms with E-state index in [0.717, 1.165) is 55.7 Å². The number of fused-ring (bicyclic) bond motifs is 7. The van der Waals surface area contributed by atoms with Crippen molar-refractivity contribution in [3.8, 4) is 0 Å². The van der Waals surface area contributed by atoms with E-state index in [2.05, 4.69) is 0 Å². The van der Waals surface area contributed by atoms with Crippen LogP contribution in [0.3, 0.4) is 0 Å². The average Bonchev–Trinajstić information content (AvgIpc) is 3.78. The summed E-state index contributed by atoms with van der Waals surface area (Å²) in [4.78, 5) is 52.7. The molecule has 216 valence electrons. The quantitative estimate of drug-likeness (QED) is 0.113. The average molecular weight is 631 g/mol. The Bertz CT molecular complexity index is 2230. The summed E-state index contributed by atoms with van der Waals surface area (Å²) in [6, 6.07) is 6.64. The number of halogens is 4. The molecule has 2 aromatic carbocycles. The molecule has 0 amide bonds. The fourth-order valence-corrected chi connectivity index (χ4v) is 8.46. The maximum atomic E-state index is 13.7. The van der Waals surface area contributed by atoms with Gasteiger partial charge in [-0.1, -0.05) is 0 Å². The lowest BCUT2D eigenvalue weighted by molar-refractivity contribution is 0.0975. The highest BCUT2D eigenvalue weighted by molar-refractivity contribution is 7.22. The van der Waals surface area contributed by atoms with Crippen LogP contribution in [-0.4, -0.2) is 32.3 Å². The first-order chi connectivity index (χ1) is 20.9. The third kappa shape index (κ3) is 3.40. The normalized spacial score (nSPS) is 14.7. The molecule has 6 nitrogen and oxygen atoms in total. The van der Waals surface area contributed by atoms with Gasteiger partial charge in [-0.25, -0.2) is 17.6 Å². The van der Waals surface area contributed by atoms with Gasteiger partial charge in [0.2, 0.25) is 0 Å². The van der Waals surface area contributed by atoms with Crippen molar-refractivity contribution >= 4 is 89.4 Å². The van der Waals surface area contributed by atoms with Crippen molar-refractivity contribution < 1.29 is 36.7 Å². The van der Waals surface area contributed by atoms with Gasteiger partial charge in [-0.2, -0.15) is 0 Å². The Morgan fingerprint density at radius 1 is 0.523 bits per heavy atom. The van der Waals surface area contributed by atoms with Gasteiger partial charge in [0.25, 0.3) is 0 Å².